The van der Waals surface area contributed by atoms with Crippen molar-refractivity contribution in [3.05, 3.63) is 70.8 Å². The summed E-state index contributed by atoms with van der Waals surface area (Å²) in [6.07, 6.45) is 3.39. The fourth-order valence-corrected chi connectivity index (χ4v) is 2.93. The van der Waals surface area contributed by atoms with Gasteiger partial charge in [-0.05, 0) is 36.0 Å². The van der Waals surface area contributed by atoms with Gasteiger partial charge in [-0.1, -0.05) is 48.5 Å². The zero-order valence-electron chi connectivity index (χ0n) is 11.4. The maximum atomic E-state index is 11.1. The van der Waals surface area contributed by atoms with Crippen LogP contribution in [0.25, 0.3) is 0 Å². The number of carbonyl (C=O) groups excluding carboxylic acids is 1. The predicted molar refractivity (Wildman–Crippen MR) is 78.8 cm³/mol. The highest BCUT2D eigenvalue weighted by molar-refractivity contribution is 6.00. The maximum absolute atomic E-state index is 11.1. The highest BCUT2D eigenvalue weighted by Crippen LogP contribution is 2.29. The molecule has 0 saturated carbocycles. The van der Waals surface area contributed by atoms with Crippen molar-refractivity contribution in [2.24, 2.45) is 0 Å². The van der Waals surface area contributed by atoms with E-state index in [9.17, 15) is 9.90 Å². The molecular weight excluding hydrogens is 248 g/mol. The molecule has 0 aromatic heterocycles. The lowest BCUT2D eigenvalue weighted by Gasteiger charge is -2.00. The lowest BCUT2D eigenvalue weighted by molar-refractivity contribution is 0.0994. The lowest BCUT2D eigenvalue weighted by Crippen LogP contribution is -1.88. The van der Waals surface area contributed by atoms with Gasteiger partial charge in [-0.2, -0.15) is 0 Å². The molecule has 2 aliphatic carbocycles. The van der Waals surface area contributed by atoms with Gasteiger partial charge in [0.15, 0.2) is 5.78 Å². The Labute approximate surface area is 119 Å². The Morgan fingerprint density at radius 1 is 0.850 bits per heavy atom. The number of aryl methyl sites for hydroxylation is 2. The fraction of sp³-hybridized carbons (Fsp3) is 0.278. The highest BCUT2D eigenvalue weighted by atomic mass is 16.3. The Balaban J connectivity index is 0.000000121. The first kappa shape index (κ1) is 13.1. The van der Waals surface area contributed by atoms with Crippen molar-refractivity contribution in [3.8, 4) is 0 Å². The van der Waals surface area contributed by atoms with Crippen LogP contribution in [0.4, 0.5) is 0 Å². The van der Waals surface area contributed by atoms with E-state index in [1.54, 1.807) is 0 Å². The Morgan fingerprint density at radius 2 is 1.55 bits per heavy atom. The summed E-state index contributed by atoms with van der Waals surface area (Å²) in [5, 5.41) is 9.38. The normalized spacial score (nSPS) is 19.1. The van der Waals surface area contributed by atoms with Gasteiger partial charge in [0.05, 0.1) is 6.10 Å². The van der Waals surface area contributed by atoms with Gasteiger partial charge in [0, 0.05) is 12.0 Å². The van der Waals surface area contributed by atoms with Gasteiger partial charge in [0.1, 0.15) is 0 Å². The fourth-order valence-electron chi connectivity index (χ4n) is 2.93. The molecule has 0 heterocycles. The van der Waals surface area contributed by atoms with Crippen molar-refractivity contribution in [1.29, 1.82) is 0 Å². The van der Waals surface area contributed by atoms with Crippen LogP contribution in [0.2, 0.25) is 0 Å². The molecule has 0 bridgehead atoms. The number of hydrogen-bond acceptors (Lipinski definition) is 2. The third-order valence-electron chi connectivity index (χ3n) is 4.04. The van der Waals surface area contributed by atoms with Crippen LogP contribution in [0, 0.1) is 0 Å². The van der Waals surface area contributed by atoms with Crippen molar-refractivity contribution < 1.29 is 9.90 Å². The van der Waals surface area contributed by atoms with Gasteiger partial charge in [0.25, 0.3) is 0 Å². The lowest BCUT2D eigenvalue weighted by atomic mass is 10.1. The molecule has 20 heavy (non-hydrogen) atoms. The molecule has 2 aromatic rings. The summed E-state index contributed by atoms with van der Waals surface area (Å²) in [7, 11) is 0. The van der Waals surface area contributed by atoms with Crippen molar-refractivity contribution in [1.82, 2.24) is 0 Å². The monoisotopic (exact) mass is 266 g/mol. The summed E-state index contributed by atoms with van der Waals surface area (Å²) in [6, 6.07) is 15.9. The Kier molecular flexibility index (Phi) is 3.66. The third kappa shape index (κ3) is 2.52. The maximum Gasteiger partial charge on any atom is 0.163 e. The van der Waals surface area contributed by atoms with Crippen molar-refractivity contribution in [2.45, 2.75) is 31.8 Å². The second-order valence-electron chi connectivity index (χ2n) is 5.33. The zero-order chi connectivity index (χ0) is 13.9. The van der Waals surface area contributed by atoms with Crippen molar-refractivity contribution in [2.75, 3.05) is 0 Å². The molecule has 1 atom stereocenters. The molecule has 0 radical (unpaired) electrons. The van der Waals surface area contributed by atoms with E-state index in [2.05, 4.69) is 6.07 Å². The van der Waals surface area contributed by atoms with Gasteiger partial charge in [0.2, 0.25) is 0 Å². The number of ketones is 1. The summed E-state index contributed by atoms with van der Waals surface area (Å²) in [4.78, 5) is 11.1. The topological polar surface area (TPSA) is 37.3 Å². The number of aliphatic hydroxyl groups excluding tert-OH is 1. The smallest absolute Gasteiger partial charge is 0.163 e. The molecule has 0 aliphatic heterocycles. The van der Waals surface area contributed by atoms with Gasteiger partial charge in [-0.25, -0.2) is 0 Å². The largest absolute Gasteiger partial charge is 0.388 e. The number of fused-ring (bicyclic) bond motifs is 2. The first-order valence-corrected chi connectivity index (χ1v) is 7.12. The van der Waals surface area contributed by atoms with E-state index in [4.69, 9.17) is 0 Å². The van der Waals surface area contributed by atoms with E-state index < -0.39 is 0 Å². The number of benzene rings is 2. The van der Waals surface area contributed by atoms with Crippen LogP contribution in [0.15, 0.2) is 48.5 Å². The van der Waals surface area contributed by atoms with Crippen LogP contribution in [0.3, 0.4) is 0 Å². The van der Waals surface area contributed by atoms with Gasteiger partial charge in [-0.15, -0.1) is 0 Å². The molecule has 2 nitrogen and oxygen atoms in total. The quantitative estimate of drug-likeness (QED) is 0.792. The van der Waals surface area contributed by atoms with E-state index in [1.807, 2.05) is 42.5 Å². The van der Waals surface area contributed by atoms with Crippen LogP contribution >= 0.6 is 0 Å². The second-order valence-corrected chi connectivity index (χ2v) is 5.33. The zero-order valence-corrected chi connectivity index (χ0v) is 11.4. The SMILES string of the molecule is O=C1CCc2ccccc21.O[C@H]1CCc2ccccc21. The summed E-state index contributed by atoms with van der Waals surface area (Å²) in [5.74, 6) is 0.301. The molecule has 102 valence electrons. The first-order chi connectivity index (χ1) is 9.75. The van der Waals surface area contributed by atoms with E-state index in [1.165, 1.54) is 11.1 Å². The molecule has 0 saturated heterocycles. The van der Waals surface area contributed by atoms with E-state index in [-0.39, 0.29) is 6.10 Å². The van der Waals surface area contributed by atoms with Gasteiger partial charge < -0.3 is 5.11 Å². The Bertz CT molecular complexity index is 631. The Hall–Kier alpha value is -1.93. The van der Waals surface area contributed by atoms with Crippen LogP contribution < -0.4 is 0 Å². The molecule has 0 amide bonds. The van der Waals surface area contributed by atoms with Crippen molar-refractivity contribution >= 4 is 5.78 Å². The van der Waals surface area contributed by atoms with Crippen LogP contribution in [0.5, 0.6) is 0 Å². The molecule has 0 fully saturated rings. The molecule has 1 N–H and O–H groups in total. The van der Waals surface area contributed by atoms with Crippen LogP contribution in [-0.2, 0) is 12.8 Å². The molecule has 2 aliphatic rings. The number of carbonyl (C=O) groups is 1. The van der Waals surface area contributed by atoms with Crippen LogP contribution in [0.1, 0.15) is 46.0 Å². The minimum absolute atomic E-state index is 0.198. The van der Waals surface area contributed by atoms with Gasteiger partial charge >= 0.3 is 0 Å². The minimum atomic E-state index is -0.198. The predicted octanol–water partition coefficient (Wildman–Crippen LogP) is 3.48. The molecule has 0 unspecified atom stereocenters. The standard InChI is InChI=1S/C9H10O.C9H8O/c2*10-9-6-5-7-3-1-2-4-8(7)9/h1-4,9-10H,5-6H2;1-4H,5-6H2/t9-;/m0./s1. The number of rotatable bonds is 0. The molecular formula is C18H18O2. The van der Waals surface area contributed by atoms with E-state index in [0.717, 1.165) is 30.4 Å². The summed E-state index contributed by atoms with van der Waals surface area (Å²) in [6.45, 7) is 0. The number of aliphatic hydroxyl groups is 1. The molecule has 4 rings (SSSR count). The summed E-state index contributed by atoms with van der Waals surface area (Å²) < 4.78 is 0. The number of Topliss-reactive ketones (excluding diaryl/α,β-unsaturated/α-hetero) is 1. The average Bonchev–Trinajstić information content (AvgIpc) is 3.05. The van der Waals surface area contributed by atoms with Crippen molar-refractivity contribution in [3.63, 3.8) is 0 Å². The van der Waals surface area contributed by atoms with E-state index >= 15 is 0 Å². The first-order valence-electron chi connectivity index (χ1n) is 7.12. The average molecular weight is 266 g/mol. The van der Waals surface area contributed by atoms with E-state index in [0.29, 0.717) is 12.2 Å². The second kappa shape index (κ2) is 5.59. The summed E-state index contributed by atoms with van der Waals surface area (Å²) >= 11 is 0. The summed E-state index contributed by atoms with van der Waals surface area (Å²) in [5.41, 5.74) is 4.59. The highest BCUT2D eigenvalue weighted by Gasteiger charge is 2.18. The molecule has 2 aromatic carbocycles. The Morgan fingerprint density at radius 3 is 2.30 bits per heavy atom. The molecule has 0 spiro atoms. The van der Waals surface area contributed by atoms with Crippen LogP contribution in [-0.4, -0.2) is 10.9 Å². The van der Waals surface area contributed by atoms with Gasteiger partial charge in [-0.3, -0.25) is 4.79 Å². The number of hydrogen-bond donors (Lipinski definition) is 1. The molecule has 2 heteroatoms. The minimum Gasteiger partial charge on any atom is -0.388 e. The third-order valence-corrected chi connectivity index (χ3v) is 4.04.